The van der Waals surface area contributed by atoms with Crippen molar-refractivity contribution in [3.63, 3.8) is 0 Å². The lowest BCUT2D eigenvalue weighted by Crippen LogP contribution is -2.46. The molecule has 6 heteroatoms. The van der Waals surface area contributed by atoms with E-state index < -0.39 is 24.3 Å². The Morgan fingerprint density at radius 1 is 1.19 bits per heavy atom. The molecule has 1 aromatic carbocycles. The third-order valence-electron chi connectivity index (χ3n) is 3.49. The summed E-state index contributed by atoms with van der Waals surface area (Å²) in [6.45, 7) is 0.153. The largest absolute Gasteiger partial charge is 0.467 e. The van der Waals surface area contributed by atoms with Crippen molar-refractivity contribution in [1.82, 2.24) is 4.90 Å². The second kappa shape index (κ2) is 7.08. The number of amides is 1. The first kappa shape index (κ1) is 15.3. The van der Waals surface area contributed by atoms with E-state index in [2.05, 4.69) is 0 Å². The Bertz CT molecular complexity index is 490. The van der Waals surface area contributed by atoms with Gasteiger partial charge in [0.1, 0.15) is 18.9 Å². The number of rotatable bonds is 4. The molecular weight excluding hydrogens is 274 g/mol. The van der Waals surface area contributed by atoms with Crippen LogP contribution in [0.4, 0.5) is 4.79 Å². The smallest absolute Gasteiger partial charge is 0.412 e. The average Bonchev–Trinajstić information content (AvgIpc) is 2.96. The monoisotopic (exact) mass is 293 g/mol. The highest BCUT2D eigenvalue weighted by atomic mass is 16.6. The van der Waals surface area contributed by atoms with Crippen LogP contribution in [0.15, 0.2) is 30.3 Å². The fourth-order valence-corrected chi connectivity index (χ4v) is 2.42. The lowest BCUT2D eigenvalue weighted by molar-refractivity contribution is -0.147. The van der Waals surface area contributed by atoms with E-state index >= 15 is 0 Å². The lowest BCUT2D eigenvalue weighted by Gasteiger charge is -2.27. The van der Waals surface area contributed by atoms with Crippen LogP contribution < -0.4 is 0 Å². The summed E-state index contributed by atoms with van der Waals surface area (Å²) in [5.74, 6) is -0.453. The van der Waals surface area contributed by atoms with Gasteiger partial charge in [-0.1, -0.05) is 30.3 Å². The number of likely N-dealkylation sites (tertiary alicyclic amines) is 1. The molecule has 1 unspecified atom stereocenters. The SMILES string of the molecule is COC(=O)[C@@H]1CCC(OC)N1C(=O)OCc1ccccc1. The molecule has 1 heterocycles. The number of hydrogen-bond donors (Lipinski definition) is 0. The molecule has 1 amide bonds. The van der Waals surface area contributed by atoms with E-state index in [9.17, 15) is 9.59 Å². The summed E-state index contributed by atoms with van der Waals surface area (Å²) in [6.07, 6.45) is 0.0541. The molecular formula is C15H19NO5. The molecule has 1 fully saturated rings. The van der Waals surface area contributed by atoms with Gasteiger partial charge >= 0.3 is 12.1 Å². The molecule has 1 aliphatic heterocycles. The van der Waals surface area contributed by atoms with Crippen LogP contribution in [-0.2, 0) is 25.6 Å². The minimum absolute atomic E-state index is 0.153. The maximum absolute atomic E-state index is 12.2. The number of esters is 1. The third-order valence-corrected chi connectivity index (χ3v) is 3.49. The molecule has 0 N–H and O–H groups in total. The minimum atomic E-state index is -0.650. The number of nitrogens with zero attached hydrogens (tertiary/aromatic N) is 1. The quantitative estimate of drug-likeness (QED) is 0.794. The van der Waals surface area contributed by atoms with E-state index in [1.807, 2.05) is 30.3 Å². The van der Waals surface area contributed by atoms with Gasteiger partial charge in [-0.2, -0.15) is 0 Å². The molecule has 1 saturated heterocycles. The van der Waals surface area contributed by atoms with Crippen molar-refractivity contribution < 1.29 is 23.8 Å². The van der Waals surface area contributed by atoms with Crippen LogP contribution in [0.1, 0.15) is 18.4 Å². The van der Waals surface area contributed by atoms with Gasteiger partial charge in [-0.25, -0.2) is 9.59 Å². The summed E-state index contributed by atoms with van der Waals surface area (Å²) in [6, 6.07) is 8.71. The van der Waals surface area contributed by atoms with Crippen molar-refractivity contribution in [2.24, 2.45) is 0 Å². The Balaban J connectivity index is 2.02. The Kier molecular flexibility index (Phi) is 5.16. The highest BCUT2D eigenvalue weighted by molar-refractivity contribution is 5.82. The first-order valence-corrected chi connectivity index (χ1v) is 6.77. The Labute approximate surface area is 123 Å². The molecule has 21 heavy (non-hydrogen) atoms. The van der Waals surface area contributed by atoms with E-state index in [0.717, 1.165) is 5.56 Å². The predicted molar refractivity (Wildman–Crippen MR) is 74.3 cm³/mol. The van der Waals surface area contributed by atoms with Crippen molar-refractivity contribution >= 4 is 12.1 Å². The van der Waals surface area contributed by atoms with E-state index in [4.69, 9.17) is 14.2 Å². The molecule has 1 aromatic rings. The molecule has 0 aliphatic carbocycles. The summed E-state index contributed by atoms with van der Waals surface area (Å²) >= 11 is 0. The molecule has 2 rings (SSSR count). The molecule has 0 bridgehead atoms. The molecule has 0 spiro atoms. The maximum Gasteiger partial charge on any atom is 0.412 e. The van der Waals surface area contributed by atoms with Crippen molar-refractivity contribution in [3.8, 4) is 0 Å². The number of ether oxygens (including phenoxy) is 3. The van der Waals surface area contributed by atoms with Crippen LogP contribution in [0.25, 0.3) is 0 Å². The standard InChI is InChI=1S/C15H19NO5/c1-19-13-9-8-12(14(17)20-2)16(13)15(18)21-10-11-6-4-3-5-7-11/h3-7,12-13H,8-10H2,1-2H3/t12-,13?/m0/s1. The summed E-state index contributed by atoms with van der Waals surface area (Å²) < 4.78 is 15.2. The number of benzene rings is 1. The summed E-state index contributed by atoms with van der Waals surface area (Å²) in [4.78, 5) is 25.3. The van der Waals surface area contributed by atoms with Crippen molar-refractivity contribution in [2.75, 3.05) is 14.2 Å². The van der Waals surface area contributed by atoms with Gasteiger partial charge in [-0.3, -0.25) is 4.90 Å². The van der Waals surface area contributed by atoms with Crippen LogP contribution in [0.2, 0.25) is 0 Å². The number of methoxy groups -OCH3 is 2. The molecule has 0 saturated carbocycles. The minimum Gasteiger partial charge on any atom is -0.467 e. The summed E-state index contributed by atoms with van der Waals surface area (Å²) in [7, 11) is 2.80. The highest BCUT2D eigenvalue weighted by Gasteiger charge is 2.42. The molecule has 2 atom stereocenters. The molecule has 114 valence electrons. The van der Waals surface area contributed by atoms with Gasteiger partial charge < -0.3 is 14.2 Å². The number of carbonyl (C=O) groups excluding carboxylic acids is 2. The first-order chi connectivity index (χ1) is 10.2. The predicted octanol–water partition coefficient (Wildman–Crippen LogP) is 1.93. The lowest BCUT2D eigenvalue weighted by atomic mass is 10.2. The van der Waals surface area contributed by atoms with Gasteiger partial charge in [-0.15, -0.1) is 0 Å². The van der Waals surface area contributed by atoms with E-state index in [1.54, 1.807) is 0 Å². The third kappa shape index (κ3) is 3.52. The van der Waals surface area contributed by atoms with Crippen LogP contribution in [-0.4, -0.2) is 43.5 Å². The first-order valence-electron chi connectivity index (χ1n) is 6.77. The van der Waals surface area contributed by atoms with Crippen molar-refractivity contribution in [3.05, 3.63) is 35.9 Å². The van der Waals surface area contributed by atoms with Gasteiger partial charge in [0, 0.05) is 7.11 Å². The number of hydrogen-bond acceptors (Lipinski definition) is 5. The van der Waals surface area contributed by atoms with E-state index in [1.165, 1.54) is 19.1 Å². The zero-order chi connectivity index (χ0) is 15.2. The Hall–Kier alpha value is -2.08. The van der Waals surface area contributed by atoms with Crippen LogP contribution in [0.5, 0.6) is 0 Å². The molecule has 1 aliphatic rings. The Morgan fingerprint density at radius 2 is 1.90 bits per heavy atom. The highest BCUT2D eigenvalue weighted by Crippen LogP contribution is 2.26. The summed E-state index contributed by atoms with van der Waals surface area (Å²) in [5, 5.41) is 0. The second-order valence-corrected chi connectivity index (χ2v) is 4.75. The zero-order valence-electron chi connectivity index (χ0n) is 12.2. The normalized spacial score (nSPS) is 21.1. The van der Waals surface area contributed by atoms with Gasteiger partial charge in [0.05, 0.1) is 7.11 Å². The van der Waals surface area contributed by atoms with Gasteiger partial charge in [0.15, 0.2) is 0 Å². The fraction of sp³-hybridized carbons (Fsp3) is 0.467. The second-order valence-electron chi connectivity index (χ2n) is 4.75. The van der Waals surface area contributed by atoms with Crippen LogP contribution in [0.3, 0.4) is 0 Å². The van der Waals surface area contributed by atoms with Crippen LogP contribution >= 0.6 is 0 Å². The van der Waals surface area contributed by atoms with E-state index in [-0.39, 0.29) is 6.61 Å². The molecule has 6 nitrogen and oxygen atoms in total. The maximum atomic E-state index is 12.2. The number of carbonyl (C=O) groups is 2. The van der Waals surface area contributed by atoms with Gasteiger partial charge in [0.2, 0.25) is 0 Å². The zero-order valence-corrected chi connectivity index (χ0v) is 12.2. The average molecular weight is 293 g/mol. The van der Waals surface area contributed by atoms with Gasteiger partial charge in [0.25, 0.3) is 0 Å². The molecule has 0 radical (unpaired) electrons. The summed E-state index contributed by atoms with van der Waals surface area (Å²) in [5.41, 5.74) is 0.883. The van der Waals surface area contributed by atoms with Crippen molar-refractivity contribution in [2.45, 2.75) is 31.7 Å². The fourth-order valence-electron chi connectivity index (χ4n) is 2.42. The molecule has 0 aromatic heterocycles. The van der Waals surface area contributed by atoms with Crippen molar-refractivity contribution in [1.29, 1.82) is 0 Å². The van der Waals surface area contributed by atoms with Crippen LogP contribution in [0, 0.1) is 0 Å². The van der Waals surface area contributed by atoms with Gasteiger partial charge in [-0.05, 0) is 18.4 Å². The Morgan fingerprint density at radius 3 is 2.52 bits per heavy atom. The van der Waals surface area contributed by atoms with E-state index in [0.29, 0.717) is 12.8 Å². The topological polar surface area (TPSA) is 65.1 Å².